The summed E-state index contributed by atoms with van der Waals surface area (Å²) in [6.45, 7) is 0.395. The minimum Gasteiger partial charge on any atom is -0.352 e. The van der Waals surface area contributed by atoms with Crippen LogP contribution in [0.1, 0.15) is 21.5 Å². The fraction of sp³-hybridized carbons (Fsp3) is 0.214. The second-order valence-corrected chi connectivity index (χ2v) is 5.00. The number of amides is 1. The van der Waals surface area contributed by atoms with E-state index in [1.54, 1.807) is 11.3 Å². The standard InChI is InChI=1S/C14H12F3NOS/c15-14(16,17)12-3-1-2-11(8-12)13(19)18-6-4-10-5-7-20-9-10/h1-3,5,7-9H,4,6H2,(H,18,19). The Morgan fingerprint density at radius 2 is 2.05 bits per heavy atom. The summed E-state index contributed by atoms with van der Waals surface area (Å²) in [6, 6.07) is 6.36. The van der Waals surface area contributed by atoms with Crippen LogP contribution in [0.5, 0.6) is 0 Å². The maximum Gasteiger partial charge on any atom is 0.416 e. The van der Waals surface area contributed by atoms with Crippen LogP contribution in [-0.4, -0.2) is 12.5 Å². The molecule has 0 radical (unpaired) electrons. The third-order valence-electron chi connectivity index (χ3n) is 2.73. The molecule has 0 spiro atoms. The van der Waals surface area contributed by atoms with Gasteiger partial charge in [-0.15, -0.1) is 0 Å². The van der Waals surface area contributed by atoms with Crippen LogP contribution in [0.15, 0.2) is 41.1 Å². The molecule has 0 saturated heterocycles. The molecule has 106 valence electrons. The Balaban J connectivity index is 1.95. The Hall–Kier alpha value is -1.82. The molecule has 2 rings (SSSR count). The monoisotopic (exact) mass is 299 g/mol. The van der Waals surface area contributed by atoms with E-state index in [0.717, 1.165) is 17.7 Å². The molecule has 1 aromatic heterocycles. The van der Waals surface area contributed by atoms with Crippen LogP contribution in [0, 0.1) is 0 Å². The Morgan fingerprint density at radius 1 is 1.25 bits per heavy atom. The molecular weight excluding hydrogens is 287 g/mol. The van der Waals surface area contributed by atoms with Crippen molar-refractivity contribution in [1.29, 1.82) is 0 Å². The van der Waals surface area contributed by atoms with Crippen molar-refractivity contribution < 1.29 is 18.0 Å². The molecule has 0 saturated carbocycles. The van der Waals surface area contributed by atoms with Gasteiger partial charge in [-0.25, -0.2) is 0 Å². The Kier molecular flexibility index (Phi) is 4.44. The molecule has 2 aromatic rings. The molecule has 0 aliphatic rings. The van der Waals surface area contributed by atoms with Crippen LogP contribution < -0.4 is 5.32 Å². The van der Waals surface area contributed by atoms with Gasteiger partial charge in [0.05, 0.1) is 5.56 Å². The first-order chi connectivity index (χ1) is 9.47. The minimum atomic E-state index is -4.44. The summed E-state index contributed by atoms with van der Waals surface area (Å²) in [5, 5.41) is 6.52. The highest BCUT2D eigenvalue weighted by molar-refractivity contribution is 7.07. The zero-order valence-corrected chi connectivity index (χ0v) is 11.2. The molecule has 0 bridgehead atoms. The molecule has 0 fully saturated rings. The fourth-order valence-corrected chi connectivity index (χ4v) is 2.40. The fourth-order valence-electron chi connectivity index (χ4n) is 1.69. The van der Waals surface area contributed by atoms with Crippen molar-refractivity contribution in [3.8, 4) is 0 Å². The second-order valence-electron chi connectivity index (χ2n) is 4.22. The van der Waals surface area contributed by atoms with E-state index in [0.29, 0.717) is 13.0 Å². The van der Waals surface area contributed by atoms with E-state index < -0.39 is 17.6 Å². The topological polar surface area (TPSA) is 29.1 Å². The molecule has 0 atom stereocenters. The lowest BCUT2D eigenvalue weighted by atomic mass is 10.1. The summed E-state index contributed by atoms with van der Waals surface area (Å²) in [5.74, 6) is -0.494. The Morgan fingerprint density at radius 3 is 2.70 bits per heavy atom. The van der Waals surface area contributed by atoms with Crippen molar-refractivity contribution in [2.24, 2.45) is 0 Å². The zero-order valence-electron chi connectivity index (χ0n) is 10.4. The molecule has 1 N–H and O–H groups in total. The number of alkyl halides is 3. The van der Waals surface area contributed by atoms with Crippen molar-refractivity contribution in [3.05, 3.63) is 57.8 Å². The molecule has 0 unspecified atom stereocenters. The minimum absolute atomic E-state index is 0.0187. The van der Waals surface area contributed by atoms with E-state index in [4.69, 9.17) is 0 Å². The molecule has 6 heteroatoms. The maximum atomic E-state index is 12.5. The van der Waals surface area contributed by atoms with Gasteiger partial charge in [0.15, 0.2) is 0 Å². The zero-order chi connectivity index (χ0) is 14.6. The van der Waals surface area contributed by atoms with Gasteiger partial charge < -0.3 is 5.32 Å². The van der Waals surface area contributed by atoms with E-state index >= 15 is 0 Å². The highest BCUT2D eigenvalue weighted by Gasteiger charge is 2.30. The number of carbonyl (C=O) groups excluding carboxylic acids is 1. The van der Waals surface area contributed by atoms with Gasteiger partial charge in [-0.1, -0.05) is 6.07 Å². The third-order valence-corrected chi connectivity index (χ3v) is 3.46. The van der Waals surface area contributed by atoms with Crippen molar-refractivity contribution in [3.63, 3.8) is 0 Å². The summed E-state index contributed by atoms with van der Waals surface area (Å²) in [4.78, 5) is 11.8. The summed E-state index contributed by atoms with van der Waals surface area (Å²) in [6.07, 6.45) is -3.78. The molecule has 1 amide bonds. The van der Waals surface area contributed by atoms with E-state index in [9.17, 15) is 18.0 Å². The third kappa shape index (κ3) is 3.84. The smallest absolute Gasteiger partial charge is 0.352 e. The van der Waals surface area contributed by atoms with Gasteiger partial charge in [-0.05, 0) is 47.0 Å². The van der Waals surface area contributed by atoms with Crippen LogP contribution in [0.2, 0.25) is 0 Å². The highest BCUT2D eigenvalue weighted by atomic mass is 32.1. The van der Waals surface area contributed by atoms with Crippen LogP contribution in [-0.2, 0) is 12.6 Å². The number of hydrogen-bond donors (Lipinski definition) is 1. The van der Waals surface area contributed by atoms with E-state index in [1.165, 1.54) is 12.1 Å². The van der Waals surface area contributed by atoms with Gasteiger partial charge in [0.2, 0.25) is 0 Å². The molecule has 0 aliphatic carbocycles. The van der Waals surface area contributed by atoms with Crippen LogP contribution >= 0.6 is 11.3 Å². The molecule has 0 aliphatic heterocycles. The maximum absolute atomic E-state index is 12.5. The van der Waals surface area contributed by atoms with Crippen molar-refractivity contribution in [2.45, 2.75) is 12.6 Å². The quantitative estimate of drug-likeness (QED) is 0.915. The average molecular weight is 299 g/mol. The lowest BCUT2D eigenvalue weighted by molar-refractivity contribution is -0.137. The van der Waals surface area contributed by atoms with Crippen LogP contribution in [0.3, 0.4) is 0 Å². The van der Waals surface area contributed by atoms with Gasteiger partial charge in [-0.2, -0.15) is 24.5 Å². The van der Waals surface area contributed by atoms with Crippen molar-refractivity contribution >= 4 is 17.2 Å². The number of hydrogen-bond acceptors (Lipinski definition) is 2. The number of benzene rings is 1. The van der Waals surface area contributed by atoms with Crippen molar-refractivity contribution in [1.82, 2.24) is 5.32 Å². The van der Waals surface area contributed by atoms with Crippen LogP contribution in [0.25, 0.3) is 0 Å². The van der Waals surface area contributed by atoms with Gasteiger partial charge in [-0.3, -0.25) is 4.79 Å². The SMILES string of the molecule is O=C(NCCc1ccsc1)c1cccc(C(F)(F)F)c1. The summed E-state index contributed by atoms with van der Waals surface area (Å²) in [7, 11) is 0. The van der Waals surface area contributed by atoms with Gasteiger partial charge in [0, 0.05) is 12.1 Å². The van der Waals surface area contributed by atoms with Gasteiger partial charge in [0.25, 0.3) is 5.91 Å². The van der Waals surface area contributed by atoms with E-state index in [-0.39, 0.29) is 5.56 Å². The molecule has 2 nitrogen and oxygen atoms in total. The average Bonchev–Trinajstić information content (AvgIpc) is 2.91. The molecule has 1 aromatic carbocycles. The molecule has 20 heavy (non-hydrogen) atoms. The van der Waals surface area contributed by atoms with Gasteiger partial charge >= 0.3 is 6.18 Å². The summed E-state index contributed by atoms with van der Waals surface area (Å²) in [5.41, 5.74) is 0.299. The van der Waals surface area contributed by atoms with E-state index in [1.807, 2.05) is 16.8 Å². The first kappa shape index (κ1) is 14.6. The van der Waals surface area contributed by atoms with Crippen molar-refractivity contribution in [2.75, 3.05) is 6.54 Å². The predicted molar refractivity (Wildman–Crippen MR) is 71.8 cm³/mol. The Bertz CT molecular complexity index is 578. The lowest BCUT2D eigenvalue weighted by Crippen LogP contribution is -2.25. The Labute approximate surface area is 118 Å². The second kappa shape index (κ2) is 6.09. The number of halogens is 3. The number of thiophene rings is 1. The normalized spacial score (nSPS) is 11.3. The largest absolute Gasteiger partial charge is 0.416 e. The number of rotatable bonds is 4. The number of carbonyl (C=O) groups is 1. The highest BCUT2D eigenvalue weighted by Crippen LogP contribution is 2.29. The first-order valence-electron chi connectivity index (χ1n) is 5.93. The van der Waals surface area contributed by atoms with E-state index in [2.05, 4.69) is 5.32 Å². The number of nitrogens with one attached hydrogen (secondary N) is 1. The summed E-state index contributed by atoms with van der Waals surface area (Å²) < 4.78 is 37.6. The molecule has 1 heterocycles. The first-order valence-corrected chi connectivity index (χ1v) is 6.87. The van der Waals surface area contributed by atoms with Gasteiger partial charge in [0.1, 0.15) is 0 Å². The lowest BCUT2D eigenvalue weighted by Gasteiger charge is -2.09. The van der Waals surface area contributed by atoms with Crippen LogP contribution in [0.4, 0.5) is 13.2 Å². The molecular formula is C14H12F3NOS. The summed E-state index contributed by atoms with van der Waals surface area (Å²) >= 11 is 1.56. The predicted octanol–water partition coefficient (Wildman–Crippen LogP) is 3.74.